The highest BCUT2D eigenvalue weighted by molar-refractivity contribution is 6.51. The monoisotopic (exact) mass is 469 g/mol. The first-order chi connectivity index (χ1) is 16.6. The van der Waals surface area contributed by atoms with Crippen LogP contribution >= 0.6 is 0 Å². The van der Waals surface area contributed by atoms with Crippen LogP contribution in [0, 0.1) is 20.8 Å². The van der Waals surface area contributed by atoms with Crippen LogP contribution in [-0.4, -0.2) is 23.9 Å². The number of aliphatic hydroxyl groups is 1. The van der Waals surface area contributed by atoms with Crippen LogP contribution < -0.4 is 9.64 Å². The molecule has 0 aromatic heterocycles. The molecule has 4 rings (SSSR count). The van der Waals surface area contributed by atoms with Gasteiger partial charge < -0.3 is 9.84 Å². The molecule has 0 bridgehead atoms. The number of ketones is 1. The maximum atomic E-state index is 13.5. The Morgan fingerprint density at radius 3 is 2.20 bits per heavy atom. The summed E-state index contributed by atoms with van der Waals surface area (Å²) in [5, 5.41) is 11.6. The van der Waals surface area contributed by atoms with Crippen LogP contribution in [0.2, 0.25) is 0 Å². The van der Waals surface area contributed by atoms with E-state index >= 15 is 0 Å². The molecular weight excluding hydrogens is 438 g/mol. The molecule has 3 aromatic rings. The van der Waals surface area contributed by atoms with E-state index in [1.54, 1.807) is 7.11 Å². The Morgan fingerprint density at radius 1 is 0.943 bits per heavy atom. The third kappa shape index (κ3) is 4.34. The number of carbonyl (C=O) groups excluding carboxylic acids is 2. The number of rotatable bonds is 5. The van der Waals surface area contributed by atoms with Crippen molar-refractivity contribution in [2.24, 2.45) is 0 Å². The Hall–Kier alpha value is -3.86. The van der Waals surface area contributed by atoms with Gasteiger partial charge in [-0.25, -0.2) is 0 Å². The highest BCUT2D eigenvalue weighted by Crippen LogP contribution is 2.43. The number of amides is 1. The van der Waals surface area contributed by atoms with Crippen molar-refractivity contribution >= 4 is 23.1 Å². The minimum absolute atomic E-state index is 0.0880. The van der Waals surface area contributed by atoms with Gasteiger partial charge in [-0.1, -0.05) is 55.8 Å². The lowest BCUT2D eigenvalue weighted by Crippen LogP contribution is -2.29. The molecule has 0 saturated carbocycles. The van der Waals surface area contributed by atoms with E-state index in [1.807, 2.05) is 95.3 Å². The van der Waals surface area contributed by atoms with E-state index < -0.39 is 17.7 Å². The smallest absolute Gasteiger partial charge is 0.300 e. The molecule has 1 aliphatic heterocycles. The SMILES string of the molecule is COc1cc(C)c(/C(O)=C2\C(=O)C(=O)N(c3cccc(C)c3)C2c2cccc(C)c2)cc1C(C)C. The normalized spacial score (nSPS) is 17.3. The fourth-order valence-electron chi connectivity index (χ4n) is 4.76. The zero-order valence-corrected chi connectivity index (χ0v) is 21.0. The van der Waals surface area contributed by atoms with Crippen molar-refractivity contribution in [3.63, 3.8) is 0 Å². The van der Waals surface area contributed by atoms with E-state index in [9.17, 15) is 14.7 Å². The summed E-state index contributed by atoms with van der Waals surface area (Å²) in [6.45, 7) is 9.85. The molecule has 1 unspecified atom stereocenters. The van der Waals surface area contributed by atoms with Crippen molar-refractivity contribution in [2.75, 3.05) is 12.0 Å². The lowest BCUT2D eigenvalue weighted by Gasteiger charge is -2.26. The van der Waals surface area contributed by atoms with Gasteiger partial charge in [0.05, 0.1) is 18.7 Å². The number of hydrogen-bond donors (Lipinski definition) is 1. The number of ether oxygens (including phenoxy) is 1. The van der Waals surface area contributed by atoms with E-state index in [0.29, 0.717) is 11.3 Å². The van der Waals surface area contributed by atoms with Crippen molar-refractivity contribution in [1.29, 1.82) is 0 Å². The highest BCUT2D eigenvalue weighted by atomic mass is 16.5. The molecule has 1 heterocycles. The van der Waals surface area contributed by atoms with Crippen molar-refractivity contribution in [2.45, 2.75) is 46.6 Å². The molecule has 1 amide bonds. The lowest BCUT2D eigenvalue weighted by atomic mass is 9.90. The Kier molecular flexibility index (Phi) is 6.53. The third-order valence-electron chi connectivity index (χ3n) is 6.54. The molecule has 1 aliphatic rings. The molecule has 3 aromatic carbocycles. The minimum Gasteiger partial charge on any atom is -0.507 e. The molecule has 0 aliphatic carbocycles. The first-order valence-corrected chi connectivity index (χ1v) is 11.8. The van der Waals surface area contributed by atoms with Crippen LogP contribution in [0.25, 0.3) is 5.76 Å². The average Bonchev–Trinajstić information content (AvgIpc) is 3.08. The molecule has 5 heteroatoms. The quantitative estimate of drug-likeness (QED) is 0.268. The van der Waals surface area contributed by atoms with Crippen molar-refractivity contribution in [1.82, 2.24) is 0 Å². The van der Waals surface area contributed by atoms with Gasteiger partial charge in [0.25, 0.3) is 11.7 Å². The first-order valence-electron chi connectivity index (χ1n) is 11.8. The Bertz CT molecular complexity index is 1350. The number of carbonyl (C=O) groups is 2. The molecule has 35 heavy (non-hydrogen) atoms. The number of hydrogen-bond acceptors (Lipinski definition) is 4. The average molecular weight is 470 g/mol. The fourth-order valence-corrected chi connectivity index (χ4v) is 4.76. The second-order valence-corrected chi connectivity index (χ2v) is 9.49. The van der Waals surface area contributed by atoms with Crippen molar-refractivity contribution < 1.29 is 19.4 Å². The molecule has 1 atom stereocenters. The Morgan fingerprint density at radius 2 is 1.60 bits per heavy atom. The van der Waals surface area contributed by atoms with Crippen LogP contribution in [0.3, 0.4) is 0 Å². The fraction of sp³-hybridized carbons (Fsp3) is 0.267. The Labute approximate surface area is 206 Å². The topological polar surface area (TPSA) is 66.8 Å². The maximum absolute atomic E-state index is 13.5. The number of methoxy groups -OCH3 is 1. The lowest BCUT2D eigenvalue weighted by molar-refractivity contribution is -0.132. The summed E-state index contributed by atoms with van der Waals surface area (Å²) in [4.78, 5) is 28.4. The number of anilines is 1. The van der Waals surface area contributed by atoms with Gasteiger partial charge in [-0.2, -0.15) is 0 Å². The van der Waals surface area contributed by atoms with Crippen LogP contribution in [0.4, 0.5) is 5.69 Å². The molecule has 0 spiro atoms. The van der Waals surface area contributed by atoms with E-state index in [-0.39, 0.29) is 17.3 Å². The Balaban J connectivity index is 2.00. The predicted molar refractivity (Wildman–Crippen MR) is 139 cm³/mol. The summed E-state index contributed by atoms with van der Waals surface area (Å²) in [5.41, 5.74) is 5.64. The maximum Gasteiger partial charge on any atom is 0.300 e. The predicted octanol–water partition coefficient (Wildman–Crippen LogP) is 6.37. The summed E-state index contributed by atoms with van der Waals surface area (Å²) in [6, 6.07) is 18.2. The van der Waals surface area contributed by atoms with E-state index in [0.717, 1.165) is 33.6 Å². The summed E-state index contributed by atoms with van der Waals surface area (Å²) in [5.74, 6) is -0.660. The highest BCUT2D eigenvalue weighted by Gasteiger charge is 2.47. The number of nitrogens with zero attached hydrogens (tertiary/aromatic N) is 1. The zero-order chi connectivity index (χ0) is 25.4. The molecule has 0 radical (unpaired) electrons. The van der Waals surface area contributed by atoms with Crippen LogP contribution in [-0.2, 0) is 9.59 Å². The number of aliphatic hydroxyl groups excluding tert-OH is 1. The van der Waals surface area contributed by atoms with Crippen LogP contribution in [0.1, 0.15) is 59.2 Å². The summed E-state index contributed by atoms with van der Waals surface area (Å²) < 4.78 is 5.55. The van der Waals surface area contributed by atoms with Crippen molar-refractivity contribution in [3.8, 4) is 5.75 Å². The summed E-state index contributed by atoms with van der Waals surface area (Å²) in [6.07, 6.45) is 0. The van der Waals surface area contributed by atoms with Gasteiger partial charge in [-0.15, -0.1) is 0 Å². The van der Waals surface area contributed by atoms with Gasteiger partial charge in [-0.05, 0) is 73.2 Å². The van der Waals surface area contributed by atoms with E-state index in [2.05, 4.69) is 0 Å². The second kappa shape index (κ2) is 9.41. The van der Waals surface area contributed by atoms with Gasteiger partial charge >= 0.3 is 0 Å². The van der Waals surface area contributed by atoms with Gasteiger partial charge in [0.2, 0.25) is 0 Å². The van der Waals surface area contributed by atoms with E-state index in [4.69, 9.17) is 4.74 Å². The van der Waals surface area contributed by atoms with E-state index in [1.165, 1.54) is 4.90 Å². The minimum atomic E-state index is -0.749. The van der Waals surface area contributed by atoms with Crippen molar-refractivity contribution in [3.05, 3.63) is 99.6 Å². The third-order valence-corrected chi connectivity index (χ3v) is 6.54. The van der Waals surface area contributed by atoms with Gasteiger partial charge in [-0.3, -0.25) is 14.5 Å². The van der Waals surface area contributed by atoms with Gasteiger partial charge in [0.1, 0.15) is 11.5 Å². The summed E-state index contributed by atoms with van der Waals surface area (Å²) >= 11 is 0. The second-order valence-electron chi connectivity index (χ2n) is 9.49. The molecule has 1 fully saturated rings. The van der Waals surface area contributed by atoms with Gasteiger partial charge in [0, 0.05) is 11.3 Å². The zero-order valence-electron chi connectivity index (χ0n) is 21.0. The molecular formula is C30H31NO4. The number of aryl methyl sites for hydroxylation is 3. The van der Waals surface area contributed by atoms with Crippen LogP contribution in [0.15, 0.2) is 66.2 Å². The van der Waals surface area contributed by atoms with Crippen LogP contribution in [0.5, 0.6) is 5.75 Å². The van der Waals surface area contributed by atoms with Gasteiger partial charge in [0.15, 0.2) is 0 Å². The summed E-state index contributed by atoms with van der Waals surface area (Å²) in [7, 11) is 1.62. The molecule has 1 N–H and O–H groups in total. The number of Topliss-reactive ketones (excluding diaryl/α,β-unsaturated/α-hetero) is 1. The number of benzene rings is 3. The molecule has 1 saturated heterocycles. The molecule has 180 valence electrons. The molecule has 5 nitrogen and oxygen atoms in total. The first kappa shape index (κ1) is 24.3. The largest absolute Gasteiger partial charge is 0.507 e. The standard InChI is InChI=1S/C30H31NO4/c1-17(2)23-16-24(20(5)15-25(23)35-6)28(32)26-27(21-11-7-9-18(3)13-21)31(30(34)29(26)33)22-12-8-10-19(4)14-22/h7-17,27,32H,1-6H3/b28-26+.